The van der Waals surface area contributed by atoms with Crippen LogP contribution in [0.5, 0.6) is 0 Å². The van der Waals surface area contributed by atoms with E-state index < -0.39 is 0 Å². The molecule has 0 aliphatic rings. The zero-order chi connectivity index (χ0) is 41.7. The molecule has 0 amide bonds. The first-order valence-corrected chi connectivity index (χ1v) is 22.3. The lowest BCUT2D eigenvalue weighted by Gasteiger charge is -2.26. The van der Waals surface area contributed by atoms with Crippen molar-refractivity contribution in [1.82, 2.24) is 4.57 Å². The summed E-state index contributed by atoms with van der Waals surface area (Å²) in [4.78, 5) is 2.40. The Morgan fingerprint density at radius 1 is 0.286 bits per heavy atom. The van der Waals surface area contributed by atoms with Gasteiger partial charge in [0.2, 0.25) is 0 Å². The number of fused-ring (bicyclic) bond motifs is 6. The van der Waals surface area contributed by atoms with Crippen LogP contribution in [0.4, 0.5) is 17.1 Å². The van der Waals surface area contributed by atoms with Gasteiger partial charge in [-0.3, -0.25) is 0 Å². The van der Waals surface area contributed by atoms with Crippen molar-refractivity contribution in [1.29, 1.82) is 0 Å². The van der Waals surface area contributed by atoms with Gasteiger partial charge in [-0.1, -0.05) is 176 Å². The molecule has 0 N–H and O–H groups in total. The van der Waals surface area contributed by atoms with Crippen molar-refractivity contribution < 1.29 is 0 Å². The van der Waals surface area contributed by atoms with E-state index in [1.54, 1.807) is 0 Å². The van der Waals surface area contributed by atoms with Crippen LogP contribution in [0.3, 0.4) is 0 Å². The molecule has 296 valence electrons. The number of para-hydroxylation sites is 1. The molecule has 0 bridgehead atoms. The molecule has 0 fully saturated rings. The first-order valence-electron chi connectivity index (χ1n) is 21.5. The van der Waals surface area contributed by atoms with Crippen molar-refractivity contribution in [2.45, 2.75) is 0 Å². The fraction of sp³-hybridized carbons (Fsp3) is 0. The third kappa shape index (κ3) is 6.58. The summed E-state index contributed by atoms with van der Waals surface area (Å²) in [5.74, 6) is 0. The van der Waals surface area contributed by atoms with E-state index in [4.69, 9.17) is 0 Å². The van der Waals surface area contributed by atoms with Gasteiger partial charge in [0.05, 0.1) is 16.7 Å². The van der Waals surface area contributed by atoms with Gasteiger partial charge in [0.15, 0.2) is 0 Å². The quantitative estimate of drug-likeness (QED) is 0.148. The van der Waals surface area contributed by atoms with Crippen LogP contribution in [-0.4, -0.2) is 4.57 Å². The molecule has 0 saturated carbocycles. The molecule has 0 saturated heterocycles. The number of nitrogens with zero attached hydrogens (tertiary/aromatic N) is 2. The van der Waals surface area contributed by atoms with Crippen LogP contribution in [0, 0.1) is 0 Å². The zero-order valence-electron chi connectivity index (χ0n) is 34.4. The van der Waals surface area contributed by atoms with E-state index in [9.17, 15) is 0 Å². The summed E-state index contributed by atoms with van der Waals surface area (Å²) >= 11 is 1.85. The van der Waals surface area contributed by atoms with Crippen LogP contribution in [0.2, 0.25) is 0 Å². The summed E-state index contributed by atoms with van der Waals surface area (Å²) in [6.45, 7) is 0. The Morgan fingerprint density at radius 2 is 0.778 bits per heavy atom. The molecule has 2 heterocycles. The number of rotatable bonds is 8. The molecule has 2 aromatic heterocycles. The van der Waals surface area contributed by atoms with E-state index in [1.807, 2.05) is 11.3 Å². The molecular formula is C60H40N2S. The van der Waals surface area contributed by atoms with E-state index in [-0.39, 0.29) is 0 Å². The van der Waals surface area contributed by atoms with Gasteiger partial charge in [-0.15, -0.1) is 11.3 Å². The average molecular weight is 821 g/mol. The fourth-order valence-electron chi connectivity index (χ4n) is 9.36. The van der Waals surface area contributed by atoms with Crippen molar-refractivity contribution in [3.8, 4) is 50.2 Å². The smallest absolute Gasteiger partial charge is 0.0547 e. The van der Waals surface area contributed by atoms with Crippen LogP contribution in [0.15, 0.2) is 243 Å². The van der Waals surface area contributed by atoms with E-state index in [1.165, 1.54) is 80.9 Å². The fourth-order valence-corrected chi connectivity index (χ4v) is 10.4. The SMILES string of the molecule is c1ccc(-c2cccc(N(c3ccc(-c4ccccc4-n4c5cc(-c6ccccc6)ccc5c5ccc(-c6ccccc6)cc54)cc3)c3ccc4sc5ccccc5c4c3)c2)cc1. The topological polar surface area (TPSA) is 8.17 Å². The number of hydrogen-bond acceptors (Lipinski definition) is 2. The van der Waals surface area contributed by atoms with Crippen molar-refractivity contribution in [3.05, 3.63) is 243 Å². The number of thiophene rings is 1. The second kappa shape index (κ2) is 15.5. The molecule has 2 nitrogen and oxygen atoms in total. The second-order valence-corrected chi connectivity index (χ2v) is 17.2. The molecule has 12 rings (SSSR count). The van der Waals surface area contributed by atoms with Gasteiger partial charge in [-0.25, -0.2) is 0 Å². The summed E-state index contributed by atoms with van der Waals surface area (Å²) in [5.41, 5.74) is 16.3. The largest absolute Gasteiger partial charge is 0.310 e. The van der Waals surface area contributed by atoms with Crippen molar-refractivity contribution in [3.63, 3.8) is 0 Å². The summed E-state index contributed by atoms with van der Waals surface area (Å²) < 4.78 is 5.08. The molecule has 63 heavy (non-hydrogen) atoms. The van der Waals surface area contributed by atoms with Crippen molar-refractivity contribution in [2.24, 2.45) is 0 Å². The molecule has 0 atom stereocenters. The number of hydrogen-bond donors (Lipinski definition) is 0. The Balaban J connectivity index is 1.02. The monoisotopic (exact) mass is 820 g/mol. The Morgan fingerprint density at radius 3 is 1.43 bits per heavy atom. The Labute approximate surface area is 370 Å². The summed E-state index contributed by atoms with van der Waals surface area (Å²) in [6, 6.07) is 88.5. The number of aromatic nitrogens is 1. The van der Waals surface area contributed by atoms with Crippen molar-refractivity contribution in [2.75, 3.05) is 4.90 Å². The summed E-state index contributed by atoms with van der Waals surface area (Å²) in [6.07, 6.45) is 0. The average Bonchev–Trinajstić information content (AvgIpc) is 3.90. The first kappa shape index (κ1) is 36.8. The Kier molecular flexibility index (Phi) is 9.06. The predicted octanol–water partition coefficient (Wildman–Crippen LogP) is 17.3. The third-order valence-corrected chi connectivity index (χ3v) is 13.5. The highest BCUT2D eigenvalue weighted by molar-refractivity contribution is 7.25. The lowest BCUT2D eigenvalue weighted by atomic mass is 10.0. The van der Waals surface area contributed by atoms with Gasteiger partial charge in [0.25, 0.3) is 0 Å². The third-order valence-electron chi connectivity index (χ3n) is 12.4. The summed E-state index contributed by atoms with van der Waals surface area (Å²) in [5, 5.41) is 5.04. The zero-order valence-corrected chi connectivity index (χ0v) is 35.2. The van der Waals surface area contributed by atoms with Gasteiger partial charge in [0.1, 0.15) is 0 Å². The molecule has 0 aliphatic heterocycles. The number of benzene rings is 10. The Hall–Kier alpha value is -7.98. The lowest BCUT2D eigenvalue weighted by Crippen LogP contribution is -2.10. The minimum absolute atomic E-state index is 1.09. The van der Waals surface area contributed by atoms with Crippen molar-refractivity contribution >= 4 is 70.4 Å². The van der Waals surface area contributed by atoms with Gasteiger partial charge < -0.3 is 9.47 Å². The predicted molar refractivity (Wildman–Crippen MR) is 270 cm³/mol. The highest BCUT2D eigenvalue weighted by atomic mass is 32.1. The van der Waals surface area contributed by atoms with Crippen LogP contribution >= 0.6 is 11.3 Å². The van der Waals surface area contributed by atoms with E-state index >= 15 is 0 Å². The summed E-state index contributed by atoms with van der Waals surface area (Å²) in [7, 11) is 0. The standard InChI is InChI=1S/C60H40N2S/c1-4-15-41(16-5-1)45-21-14-22-49(37-45)61(50-33-36-60-55(40-50)54-24-11-13-26-59(54)63-60)48-31-27-44(28-32-48)51-23-10-12-25-56(51)62-57-38-46(42-17-6-2-7-18-42)29-34-52(57)53-35-30-47(39-58(53)62)43-19-8-3-9-20-43/h1-40H. The van der Waals surface area contributed by atoms with Gasteiger partial charge in [-0.05, 0) is 106 Å². The molecule has 10 aromatic carbocycles. The molecule has 0 radical (unpaired) electrons. The lowest BCUT2D eigenvalue weighted by molar-refractivity contribution is 1.18. The highest BCUT2D eigenvalue weighted by Crippen LogP contribution is 2.43. The van der Waals surface area contributed by atoms with Gasteiger partial charge in [-0.2, -0.15) is 0 Å². The minimum Gasteiger partial charge on any atom is -0.310 e. The van der Waals surface area contributed by atoms with Crippen LogP contribution < -0.4 is 4.90 Å². The molecule has 12 aromatic rings. The molecule has 0 spiro atoms. The van der Waals surface area contributed by atoms with Crippen LogP contribution in [0.25, 0.3) is 92.2 Å². The van der Waals surface area contributed by atoms with Crippen LogP contribution in [-0.2, 0) is 0 Å². The van der Waals surface area contributed by atoms with Gasteiger partial charge in [0, 0.05) is 53.6 Å². The molecule has 3 heteroatoms. The minimum atomic E-state index is 1.09. The maximum Gasteiger partial charge on any atom is 0.0547 e. The second-order valence-electron chi connectivity index (χ2n) is 16.1. The Bertz CT molecular complexity index is 3510. The molecule has 0 aliphatic carbocycles. The van der Waals surface area contributed by atoms with E-state index in [2.05, 4.69) is 252 Å². The molecule has 0 unspecified atom stereocenters. The van der Waals surface area contributed by atoms with Crippen LogP contribution in [0.1, 0.15) is 0 Å². The van der Waals surface area contributed by atoms with E-state index in [0.717, 1.165) is 28.3 Å². The van der Waals surface area contributed by atoms with Gasteiger partial charge >= 0.3 is 0 Å². The molecular weight excluding hydrogens is 781 g/mol. The maximum absolute atomic E-state index is 2.48. The maximum atomic E-state index is 2.48. The first-order chi connectivity index (χ1) is 31.2. The van der Waals surface area contributed by atoms with E-state index in [0.29, 0.717) is 0 Å². The number of anilines is 3. The highest BCUT2D eigenvalue weighted by Gasteiger charge is 2.20. The normalized spacial score (nSPS) is 11.5.